The predicted molar refractivity (Wildman–Crippen MR) is 128 cm³/mol. The summed E-state index contributed by atoms with van der Waals surface area (Å²) < 4.78 is 34.4. The van der Waals surface area contributed by atoms with Crippen LogP contribution in [0.4, 0.5) is 8.78 Å². The number of carbonyl (C=O) groups is 1. The normalized spacial score (nSPS) is 10.8. The van der Waals surface area contributed by atoms with E-state index in [0.29, 0.717) is 34.7 Å². The number of hydrogen-bond donors (Lipinski definition) is 2. The van der Waals surface area contributed by atoms with E-state index in [0.717, 1.165) is 5.69 Å². The zero-order chi connectivity index (χ0) is 24.6. The van der Waals surface area contributed by atoms with E-state index >= 15 is 0 Å². The second-order valence-electron chi connectivity index (χ2n) is 7.92. The van der Waals surface area contributed by atoms with Gasteiger partial charge in [0.05, 0.1) is 23.7 Å². The molecule has 0 fully saturated rings. The first-order chi connectivity index (χ1) is 17.0. The molecule has 35 heavy (non-hydrogen) atoms. The molecule has 0 aliphatic rings. The monoisotopic (exact) mass is 477 g/mol. The Labute approximate surface area is 201 Å². The van der Waals surface area contributed by atoms with E-state index in [-0.39, 0.29) is 43.7 Å². The van der Waals surface area contributed by atoms with E-state index < -0.39 is 0 Å². The van der Waals surface area contributed by atoms with Gasteiger partial charge < -0.3 is 15.2 Å². The van der Waals surface area contributed by atoms with Crippen LogP contribution in [-0.4, -0.2) is 34.0 Å². The van der Waals surface area contributed by atoms with Crippen LogP contribution in [-0.2, 0) is 17.8 Å². The maximum Gasteiger partial charge on any atom is 0.220 e. The van der Waals surface area contributed by atoms with Crippen molar-refractivity contribution < 1.29 is 23.4 Å². The van der Waals surface area contributed by atoms with Crippen molar-refractivity contribution >= 4 is 5.91 Å². The largest absolute Gasteiger partial charge is 0.491 e. The summed E-state index contributed by atoms with van der Waals surface area (Å²) in [5.74, 6) is -0.277. The van der Waals surface area contributed by atoms with Crippen molar-refractivity contribution in [3.05, 3.63) is 102 Å². The molecule has 0 aliphatic heterocycles. The molecule has 0 aliphatic carbocycles. The van der Waals surface area contributed by atoms with Crippen LogP contribution in [0.25, 0.3) is 16.9 Å². The van der Waals surface area contributed by atoms with Crippen LogP contribution in [0.3, 0.4) is 0 Å². The molecule has 0 saturated carbocycles. The molecule has 0 bridgehead atoms. The maximum atomic E-state index is 13.9. The number of aryl methyl sites for hydroxylation is 1. The number of benzene rings is 3. The molecule has 4 aromatic rings. The summed E-state index contributed by atoms with van der Waals surface area (Å²) in [4.78, 5) is 12.4. The third-order valence-corrected chi connectivity index (χ3v) is 5.31. The Kier molecular flexibility index (Phi) is 7.84. The lowest BCUT2D eigenvalue weighted by molar-refractivity contribution is -0.121. The molecule has 0 spiro atoms. The summed E-state index contributed by atoms with van der Waals surface area (Å²) in [6.45, 7) is 0.356. The summed E-state index contributed by atoms with van der Waals surface area (Å²) in [6.07, 6.45) is 0.574. The number of nitrogens with zero attached hydrogens (tertiary/aromatic N) is 2. The van der Waals surface area contributed by atoms with E-state index in [4.69, 9.17) is 9.84 Å². The third kappa shape index (κ3) is 6.51. The number of aromatic nitrogens is 2. The fraction of sp³-hybridized carbons (Fsp3) is 0.185. The summed E-state index contributed by atoms with van der Waals surface area (Å²) in [7, 11) is 0. The number of carbonyl (C=O) groups excluding carboxylic acids is 1. The second-order valence-corrected chi connectivity index (χ2v) is 7.92. The first kappa shape index (κ1) is 24.1. The average molecular weight is 478 g/mol. The van der Waals surface area contributed by atoms with Crippen LogP contribution < -0.4 is 10.1 Å². The van der Waals surface area contributed by atoms with Crippen molar-refractivity contribution in [1.82, 2.24) is 15.1 Å². The van der Waals surface area contributed by atoms with E-state index in [9.17, 15) is 13.6 Å². The van der Waals surface area contributed by atoms with Gasteiger partial charge in [0.1, 0.15) is 24.0 Å². The molecule has 2 N–H and O–H groups in total. The highest BCUT2D eigenvalue weighted by Gasteiger charge is 2.14. The van der Waals surface area contributed by atoms with Crippen LogP contribution in [0.5, 0.6) is 5.75 Å². The van der Waals surface area contributed by atoms with Crippen LogP contribution in [0, 0.1) is 11.6 Å². The van der Waals surface area contributed by atoms with Crippen molar-refractivity contribution in [3.8, 4) is 22.7 Å². The topological polar surface area (TPSA) is 76.4 Å². The molecule has 0 atom stereocenters. The molecule has 180 valence electrons. The van der Waals surface area contributed by atoms with Gasteiger partial charge >= 0.3 is 0 Å². The van der Waals surface area contributed by atoms with Crippen LogP contribution in [0.2, 0.25) is 0 Å². The summed E-state index contributed by atoms with van der Waals surface area (Å²) in [5.41, 5.74) is 3.43. The summed E-state index contributed by atoms with van der Waals surface area (Å²) in [5, 5.41) is 16.4. The lowest BCUT2D eigenvalue weighted by atomic mass is 10.1. The van der Waals surface area contributed by atoms with E-state index in [1.54, 1.807) is 41.1 Å². The van der Waals surface area contributed by atoms with Crippen molar-refractivity contribution in [2.75, 3.05) is 13.2 Å². The maximum absolute atomic E-state index is 13.9. The van der Waals surface area contributed by atoms with Gasteiger partial charge in [-0.25, -0.2) is 13.5 Å². The van der Waals surface area contributed by atoms with Gasteiger partial charge in [0.25, 0.3) is 0 Å². The zero-order valence-corrected chi connectivity index (χ0v) is 19.0. The highest BCUT2D eigenvalue weighted by atomic mass is 19.1. The molecule has 6 nitrogen and oxygen atoms in total. The van der Waals surface area contributed by atoms with Crippen LogP contribution >= 0.6 is 0 Å². The first-order valence-corrected chi connectivity index (χ1v) is 11.2. The van der Waals surface area contributed by atoms with E-state index in [1.165, 1.54) is 24.3 Å². The first-order valence-electron chi connectivity index (χ1n) is 11.2. The van der Waals surface area contributed by atoms with Crippen LogP contribution in [0.15, 0.2) is 78.9 Å². The highest BCUT2D eigenvalue weighted by molar-refractivity contribution is 5.76. The zero-order valence-electron chi connectivity index (χ0n) is 19.0. The molecule has 0 unspecified atom stereocenters. The lowest BCUT2D eigenvalue weighted by Crippen LogP contribution is -2.23. The predicted octanol–water partition coefficient (Wildman–Crippen LogP) is 4.44. The minimum Gasteiger partial charge on any atom is -0.491 e. The van der Waals surface area contributed by atoms with Gasteiger partial charge in [-0.2, -0.15) is 5.10 Å². The number of amides is 1. The van der Waals surface area contributed by atoms with E-state index in [1.807, 2.05) is 18.2 Å². The molecule has 1 amide bonds. The molecule has 8 heteroatoms. The number of ether oxygens (including phenoxy) is 1. The number of aliphatic hydroxyl groups excluding tert-OH is 1. The summed E-state index contributed by atoms with van der Waals surface area (Å²) >= 11 is 0. The number of aliphatic hydroxyl groups is 1. The van der Waals surface area contributed by atoms with Gasteiger partial charge in [-0.1, -0.05) is 24.3 Å². The number of nitrogens with one attached hydrogen (secondary N) is 1. The molecule has 3 aromatic carbocycles. The molecule has 0 radical (unpaired) electrons. The minimum atomic E-state index is -0.360. The Morgan fingerprint density at radius 3 is 2.43 bits per heavy atom. The Morgan fingerprint density at radius 1 is 0.971 bits per heavy atom. The van der Waals surface area contributed by atoms with Gasteiger partial charge in [-0.15, -0.1) is 0 Å². The lowest BCUT2D eigenvalue weighted by Gasteiger charge is -2.09. The Morgan fingerprint density at radius 2 is 1.71 bits per heavy atom. The molecular weight excluding hydrogens is 452 g/mol. The van der Waals surface area contributed by atoms with Crippen molar-refractivity contribution in [1.29, 1.82) is 0 Å². The molecule has 0 saturated heterocycles. The second kappa shape index (κ2) is 11.4. The van der Waals surface area contributed by atoms with Crippen molar-refractivity contribution in [2.24, 2.45) is 0 Å². The van der Waals surface area contributed by atoms with Gasteiger partial charge in [-0.3, -0.25) is 4.79 Å². The van der Waals surface area contributed by atoms with Gasteiger partial charge in [0.2, 0.25) is 5.91 Å². The average Bonchev–Trinajstić information content (AvgIpc) is 3.30. The van der Waals surface area contributed by atoms with Crippen LogP contribution in [0.1, 0.15) is 17.7 Å². The van der Waals surface area contributed by atoms with Gasteiger partial charge in [0.15, 0.2) is 0 Å². The molecule has 4 rings (SSSR count). The van der Waals surface area contributed by atoms with E-state index in [2.05, 4.69) is 10.4 Å². The quantitative estimate of drug-likeness (QED) is 0.354. The minimum absolute atomic E-state index is 0.0796. The Balaban J connectivity index is 1.50. The molecule has 1 heterocycles. The number of hydrogen-bond acceptors (Lipinski definition) is 4. The third-order valence-electron chi connectivity index (χ3n) is 5.31. The molecular formula is C27H25F2N3O3. The Bertz CT molecular complexity index is 1290. The standard InChI is InChI=1S/C27H25F2N3O3/c28-21-5-1-3-19(15-21)18-30-27(34)12-7-23-17-26(20-4-2-6-22(29)16-20)32(31-23)24-8-10-25(11-9-24)35-14-13-33/h1-6,8-11,15-17,33H,7,12-14,18H2,(H,30,34). The number of halogens is 2. The number of rotatable bonds is 10. The molecule has 1 aromatic heterocycles. The van der Waals surface area contributed by atoms with Gasteiger partial charge in [0, 0.05) is 24.9 Å². The van der Waals surface area contributed by atoms with Crippen molar-refractivity contribution in [3.63, 3.8) is 0 Å². The SMILES string of the molecule is O=C(CCc1cc(-c2cccc(F)c2)n(-c2ccc(OCCO)cc2)n1)NCc1cccc(F)c1. The fourth-order valence-electron chi connectivity index (χ4n) is 3.63. The fourth-order valence-corrected chi connectivity index (χ4v) is 3.63. The van der Waals surface area contributed by atoms with Crippen molar-refractivity contribution in [2.45, 2.75) is 19.4 Å². The van der Waals surface area contributed by atoms with Gasteiger partial charge in [-0.05, 0) is 60.2 Å². The highest BCUT2D eigenvalue weighted by Crippen LogP contribution is 2.26. The summed E-state index contributed by atoms with van der Waals surface area (Å²) in [6, 6.07) is 21.3. The Hall–Kier alpha value is -4.04. The smallest absolute Gasteiger partial charge is 0.220 e.